The zero-order chi connectivity index (χ0) is 21.8. The molecule has 1 aliphatic rings. The van der Waals surface area contributed by atoms with Gasteiger partial charge in [-0.05, 0) is 43.7 Å². The monoisotopic (exact) mass is 457 g/mol. The Balaban J connectivity index is 1.34. The molecule has 162 valence electrons. The quantitative estimate of drug-likeness (QED) is 0.559. The summed E-state index contributed by atoms with van der Waals surface area (Å²) in [5.41, 5.74) is 2.28. The molecule has 0 spiro atoms. The van der Waals surface area contributed by atoms with Gasteiger partial charge in [-0.2, -0.15) is 0 Å². The molecule has 1 aliphatic heterocycles. The number of hydrogen-bond donors (Lipinski definition) is 1. The number of piperidine rings is 1. The smallest absolute Gasteiger partial charge is 0.309 e. The third kappa shape index (κ3) is 5.08. The predicted octanol–water partition coefficient (Wildman–Crippen LogP) is 4.00. The Morgan fingerprint density at radius 3 is 2.65 bits per heavy atom. The number of hydrogen-bond acceptors (Lipinski definition) is 9. The normalized spacial score (nSPS) is 14.5. The molecule has 1 saturated heterocycles. The van der Waals surface area contributed by atoms with E-state index in [-0.39, 0.29) is 23.5 Å². The van der Waals surface area contributed by atoms with Gasteiger partial charge in [-0.1, -0.05) is 0 Å². The third-order valence-corrected chi connectivity index (χ3v) is 6.85. The number of amides is 1. The molecule has 3 aromatic rings. The molecule has 3 aromatic heterocycles. The number of nitrogens with zero attached hydrogens (tertiary/aromatic N) is 4. The lowest BCUT2D eigenvalue weighted by molar-refractivity contribution is -0.148. The first-order valence-corrected chi connectivity index (χ1v) is 11.9. The number of carbonyl (C=O) groups excluding carboxylic acids is 2. The van der Waals surface area contributed by atoms with Crippen molar-refractivity contribution in [3.05, 3.63) is 40.5 Å². The summed E-state index contributed by atoms with van der Waals surface area (Å²) in [5.74, 6) is 0.169. The van der Waals surface area contributed by atoms with Gasteiger partial charge in [-0.25, -0.2) is 15.0 Å². The zero-order valence-corrected chi connectivity index (χ0v) is 19.0. The second-order valence-electron chi connectivity index (χ2n) is 7.25. The van der Waals surface area contributed by atoms with Crippen molar-refractivity contribution in [3.63, 3.8) is 0 Å². The summed E-state index contributed by atoms with van der Waals surface area (Å²) in [6.45, 7) is 5.67. The molecule has 10 heteroatoms. The summed E-state index contributed by atoms with van der Waals surface area (Å²) in [7, 11) is 0. The van der Waals surface area contributed by atoms with Crippen LogP contribution in [0.1, 0.15) is 35.8 Å². The molecule has 0 aliphatic carbocycles. The summed E-state index contributed by atoms with van der Waals surface area (Å²) in [6.07, 6.45) is 4.51. The van der Waals surface area contributed by atoms with Gasteiger partial charge >= 0.3 is 5.97 Å². The summed E-state index contributed by atoms with van der Waals surface area (Å²) in [5, 5.41) is 7.31. The van der Waals surface area contributed by atoms with E-state index >= 15 is 0 Å². The zero-order valence-electron chi connectivity index (χ0n) is 17.3. The lowest BCUT2D eigenvalue weighted by Gasteiger charge is -2.31. The number of anilines is 2. The maximum atomic E-state index is 12.5. The third-order valence-electron chi connectivity index (χ3n) is 5.02. The molecule has 8 nitrogen and oxygen atoms in total. The second-order valence-corrected chi connectivity index (χ2v) is 9.02. The van der Waals surface area contributed by atoms with Gasteiger partial charge in [-0.15, -0.1) is 22.7 Å². The Hall–Kier alpha value is -2.85. The Morgan fingerprint density at radius 2 is 2.00 bits per heavy atom. The van der Waals surface area contributed by atoms with E-state index in [1.54, 1.807) is 17.5 Å². The molecular weight excluding hydrogens is 434 g/mol. The molecule has 1 N–H and O–H groups in total. The van der Waals surface area contributed by atoms with Crippen molar-refractivity contribution in [2.24, 2.45) is 5.92 Å². The van der Waals surface area contributed by atoms with E-state index in [0.717, 1.165) is 23.4 Å². The van der Waals surface area contributed by atoms with Crippen molar-refractivity contribution in [2.75, 3.05) is 29.9 Å². The topological polar surface area (TPSA) is 97.3 Å². The minimum absolute atomic E-state index is 0.0597. The van der Waals surface area contributed by atoms with E-state index in [1.165, 1.54) is 23.1 Å². The van der Waals surface area contributed by atoms with Crippen LogP contribution in [0.5, 0.6) is 0 Å². The maximum Gasteiger partial charge on any atom is 0.309 e. The van der Waals surface area contributed by atoms with Crippen LogP contribution in [-0.4, -0.2) is 46.5 Å². The molecular formula is C21H23N5O3S2. The van der Waals surface area contributed by atoms with E-state index in [1.807, 2.05) is 19.2 Å². The average molecular weight is 458 g/mol. The fourth-order valence-corrected chi connectivity index (χ4v) is 5.02. The van der Waals surface area contributed by atoms with Crippen molar-refractivity contribution < 1.29 is 14.3 Å². The Morgan fingerprint density at radius 1 is 1.19 bits per heavy atom. The molecule has 0 radical (unpaired) electrons. The summed E-state index contributed by atoms with van der Waals surface area (Å²) in [4.78, 5) is 40.7. The number of ether oxygens (including phenoxy) is 1. The van der Waals surface area contributed by atoms with Crippen LogP contribution in [0.3, 0.4) is 0 Å². The Bertz CT molecular complexity index is 1060. The molecule has 0 atom stereocenters. The number of rotatable bonds is 6. The average Bonchev–Trinajstić information content (AvgIpc) is 3.43. The number of aromatic nitrogens is 3. The lowest BCUT2D eigenvalue weighted by atomic mass is 9.97. The van der Waals surface area contributed by atoms with E-state index in [2.05, 4.69) is 36.6 Å². The van der Waals surface area contributed by atoms with Crippen molar-refractivity contribution in [1.29, 1.82) is 0 Å². The highest BCUT2D eigenvalue weighted by molar-refractivity contribution is 7.16. The van der Waals surface area contributed by atoms with Gasteiger partial charge < -0.3 is 9.64 Å². The van der Waals surface area contributed by atoms with E-state index in [0.29, 0.717) is 30.6 Å². The number of thiophene rings is 1. The van der Waals surface area contributed by atoms with Crippen LogP contribution in [-0.2, 0) is 9.53 Å². The summed E-state index contributed by atoms with van der Waals surface area (Å²) in [6, 6.07) is 2.07. The van der Waals surface area contributed by atoms with Crippen LogP contribution in [0.2, 0.25) is 0 Å². The Labute approximate surface area is 188 Å². The molecule has 31 heavy (non-hydrogen) atoms. The van der Waals surface area contributed by atoms with Crippen LogP contribution in [0.4, 0.5) is 10.9 Å². The SMILES string of the molecule is CCOC(=O)C1CCN(c2cnc(C(=O)Nc3nc(-c4cc(C)cs4)cs3)cn2)CC1. The molecule has 0 bridgehead atoms. The van der Waals surface area contributed by atoms with Gasteiger partial charge in [0.15, 0.2) is 5.13 Å². The molecule has 1 amide bonds. The first kappa shape index (κ1) is 21.4. The Kier molecular flexibility index (Phi) is 6.57. The first-order valence-electron chi connectivity index (χ1n) is 10.1. The molecule has 0 saturated carbocycles. The van der Waals surface area contributed by atoms with Gasteiger partial charge in [0.1, 0.15) is 11.5 Å². The van der Waals surface area contributed by atoms with Crippen LogP contribution in [0, 0.1) is 12.8 Å². The lowest BCUT2D eigenvalue weighted by Crippen LogP contribution is -2.37. The first-order chi connectivity index (χ1) is 15.0. The minimum Gasteiger partial charge on any atom is -0.466 e. The molecule has 0 unspecified atom stereocenters. The fourth-order valence-electron chi connectivity index (χ4n) is 3.38. The van der Waals surface area contributed by atoms with Crippen molar-refractivity contribution in [1.82, 2.24) is 15.0 Å². The van der Waals surface area contributed by atoms with Gasteiger partial charge in [0.05, 0.1) is 35.5 Å². The summed E-state index contributed by atoms with van der Waals surface area (Å²) >= 11 is 3.01. The largest absolute Gasteiger partial charge is 0.466 e. The van der Waals surface area contributed by atoms with Crippen LogP contribution in [0.25, 0.3) is 10.6 Å². The van der Waals surface area contributed by atoms with Crippen LogP contribution >= 0.6 is 22.7 Å². The van der Waals surface area contributed by atoms with E-state index in [9.17, 15) is 9.59 Å². The van der Waals surface area contributed by atoms with Gasteiger partial charge in [-0.3, -0.25) is 14.9 Å². The van der Waals surface area contributed by atoms with Crippen LogP contribution in [0.15, 0.2) is 29.2 Å². The molecule has 4 heterocycles. The van der Waals surface area contributed by atoms with Crippen molar-refractivity contribution >= 4 is 45.5 Å². The number of carbonyl (C=O) groups is 2. The number of aryl methyl sites for hydroxylation is 1. The highest BCUT2D eigenvalue weighted by Crippen LogP contribution is 2.30. The van der Waals surface area contributed by atoms with E-state index in [4.69, 9.17) is 4.74 Å². The number of esters is 1. The van der Waals surface area contributed by atoms with Crippen molar-refractivity contribution in [2.45, 2.75) is 26.7 Å². The van der Waals surface area contributed by atoms with Crippen LogP contribution < -0.4 is 10.2 Å². The molecule has 4 rings (SSSR count). The number of thiazole rings is 1. The summed E-state index contributed by atoms with van der Waals surface area (Å²) < 4.78 is 5.11. The van der Waals surface area contributed by atoms with Crippen molar-refractivity contribution in [3.8, 4) is 10.6 Å². The highest BCUT2D eigenvalue weighted by atomic mass is 32.1. The molecule has 1 fully saturated rings. The van der Waals surface area contributed by atoms with Gasteiger partial charge in [0.2, 0.25) is 0 Å². The van der Waals surface area contributed by atoms with E-state index < -0.39 is 0 Å². The predicted molar refractivity (Wildman–Crippen MR) is 122 cm³/mol. The van der Waals surface area contributed by atoms with Gasteiger partial charge in [0.25, 0.3) is 5.91 Å². The molecule has 0 aromatic carbocycles. The second kappa shape index (κ2) is 9.52. The number of nitrogens with one attached hydrogen (secondary N) is 1. The maximum absolute atomic E-state index is 12.5. The minimum atomic E-state index is -0.344. The highest BCUT2D eigenvalue weighted by Gasteiger charge is 2.26. The standard InChI is InChI=1S/C21H23N5O3S2/c1-3-29-20(28)14-4-6-26(7-5-14)18-10-22-15(9-23-18)19(27)25-21-24-16(12-31-21)17-8-13(2)11-30-17/h8-12,14H,3-7H2,1-2H3,(H,24,25,27). The fraction of sp³-hybridized carbons (Fsp3) is 0.381. The van der Waals surface area contributed by atoms with Gasteiger partial charge in [0, 0.05) is 18.5 Å².